The number of hydrogen-bond acceptors (Lipinski definition) is 3. The molecule has 0 spiro atoms. The number of methoxy groups -OCH3 is 1. The van der Waals surface area contributed by atoms with Gasteiger partial charge in [-0.05, 0) is 25.5 Å². The van der Waals surface area contributed by atoms with Gasteiger partial charge in [-0.3, -0.25) is 5.10 Å². The number of aromatic nitrogens is 2. The van der Waals surface area contributed by atoms with Crippen molar-refractivity contribution in [3.05, 3.63) is 41.7 Å². The second kappa shape index (κ2) is 4.82. The number of nitrogens with zero attached hydrogens (tertiary/aromatic N) is 2. The van der Waals surface area contributed by atoms with E-state index in [0.717, 1.165) is 28.3 Å². The van der Waals surface area contributed by atoms with Gasteiger partial charge < -0.3 is 4.74 Å². The smallest absolute Gasteiger partial charge is 0.147 e. The Balaban J connectivity index is 2.42. The highest BCUT2D eigenvalue weighted by atomic mass is 16.5. The second-order valence-corrected chi connectivity index (χ2v) is 3.81. The highest BCUT2D eigenvalue weighted by molar-refractivity contribution is 6.00. The fourth-order valence-corrected chi connectivity index (χ4v) is 1.68. The summed E-state index contributed by atoms with van der Waals surface area (Å²) in [5, 5.41) is 6.68. The Morgan fingerprint density at radius 2 is 2.24 bits per heavy atom. The van der Waals surface area contributed by atoms with Crippen molar-refractivity contribution in [2.24, 2.45) is 4.99 Å². The lowest BCUT2D eigenvalue weighted by molar-refractivity contribution is 0.413. The van der Waals surface area contributed by atoms with Crippen LogP contribution in [0.25, 0.3) is 0 Å². The fourth-order valence-electron chi connectivity index (χ4n) is 1.68. The van der Waals surface area contributed by atoms with Crippen LogP contribution in [0.2, 0.25) is 0 Å². The lowest BCUT2D eigenvalue weighted by Gasteiger charge is -2.08. The first-order valence-electron chi connectivity index (χ1n) is 5.40. The standard InChI is InChI=1S/C13H15N3O/c1-9-5-4-6-12(13(9)17-3)16-10(2)11-7-14-15-8-11/h4-8H,1-3H3,(H,14,15). The number of aliphatic imine (C=N–C) groups is 1. The molecule has 0 fully saturated rings. The van der Waals surface area contributed by atoms with E-state index in [1.807, 2.05) is 38.2 Å². The Kier molecular flexibility index (Phi) is 3.23. The van der Waals surface area contributed by atoms with Gasteiger partial charge in [0.1, 0.15) is 11.4 Å². The summed E-state index contributed by atoms with van der Waals surface area (Å²) in [4.78, 5) is 4.56. The van der Waals surface area contributed by atoms with Crippen LogP contribution in [0.15, 0.2) is 35.6 Å². The lowest BCUT2D eigenvalue weighted by atomic mass is 10.2. The molecule has 17 heavy (non-hydrogen) atoms. The molecular weight excluding hydrogens is 214 g/mol. The summed E-state index contributed by atoms with van der Waals surface area (Å²) in [5.74, 6) is 0.815. The number of ether oxygens (including phenoxy) is 1. The molecule has 2 rings (SSSR count). The van der Waals surface area contributed by atoms with Gasteiger partial charge in [0.25, 0.3) is 0 Å². The van der Waals surface area contributed by atoms with Gasteiger partial charge in [0.2, 0.25) is 0 Å². The maximum Gasteiger partial charge on any atom is 0.147 e. The van der Waals surface area contributed by atoms with Gasteiger partial charge in [0.05, 0.1) is 13.3 Å². The quantitative estimate of drug-likeness (QED) is 0.823. The third-order valence-electron chi connectivity index (χ3n) is 2.60. The molecule has 0 unspecified atom stereocenters. The Morgan fingerprint density at radius 3 is 2.88 bits per heavy atom. The van der Waals surface area contributed by atoms with Crippen LogP contribution in [0.4, 0.5) is 5.69 Å². The maximum atomic E-state index is 5.36. The summed E-state index contributed by atoms with van der Waals surface area (Å²) in [6, 6.07) is 5.92. The topological polar surface area (TPSA) is 50.3 Å². The van der Waals surface area contributed by atoms with Crippen molar-refractivity contribution in [3.63, 3.8) is 0 Å². The van der Waals surface area contributed by atoms with Crippen molar-refractivity contribution in [1.82, 2.24) is 10.2 Å². The predicted octanol–water partition coefficient (Wildman–Crippen LogP) is 2.87. The normalized spacial score (nSPS) is 11.6. The van der Waals surface area contributed by atoms with Crippen LogP contribution in [0, 0.1) is 6.92 Å². The fraction of sp³-hybridized carbons (Fsp3) is 0.231. The van der Waals surface area contributed by atoms with Crippen LogP contribution in [0.5, 0.6) is 5.75 Å². The summed E-state index contributed by atoms with van der Waals surface area (Å²) in [7, 11) is 1.66. The van der Waals surface area contributed by atoms with Crippen molar-refractivity contribution in [3.8, 4) is 5.75 Å². The number of rotatable bonds is 3. The van der Waals surface area contributed by atoms with E-state index in [-0.39, 0.29) is 0 Å². The number of aromatic amines is 1. The maximum absolute atomic E-state index is 5.36. The van der Waals surface area contributed by atoms with Crippen LogP contribution in [0.1, 0.15) is 18.1 Å². The lowest BCUT2D eigenvalue weighted by Crippen LogP contribution is -1.93. The minimum atomic E-state index is 0.815. The van der Waals surface area contributed by atoms with Crippen LogP contribution in [-0.2, 0) is 0 Å². The predicted molar refractivity (Wildman–Crippen MR) is 68.2 cm³/mol. The first-order chi connectivity index (χ1) is 8.22. The van der Waals surface area contributed by atoms with Gasteiger partial charge >= 0.3 is 0 Å². The number of nitrogens with one attached hydrogen (secondary N) is 1. The minimum Gasteiger partial charge on any atom is -0.494 e. The van der Waals surface area contributed by atoms with Gasteiger partial charge in [-0.1, -0.05) is 12.1 Å². The van der Waals surface area contributed by atoms with E-state index in [9.17, 15) is 0 Å². The molecule has 0 radical (unpaired) electrons. The number of benzene rings is 1. The summed E-state index contributed by atoms with van der Waals surface area (Å²) < 4.78 is 5.36. The zero-order valence-corrected chi connectivity index (χ0v) is 10.2. The molecule has 88 valence electrons. The first-order valence-corrected chi connectivity index (χ1v) is 5.40. The zero-order valence-electron chi connectivity index (χ0n) is 10.2. The van der Waals surface area contributed by atoms with Crippen LogP contribution < -0.4 is 4.74 Å². The van der Waals surface area contributed by atoms with Crippen LogP contribution >= 0.6 is 0 Å². The highest BCUT2D eigenvalue weighted by Gasteiger charge is 2.06. The number of aryl methyl sites for hydroxylation is 1. The molecule has 1 aromatic heterocycles. The molecule has 0 bridgehead atoms. The van der Waals surface area contributed by atoms with Crippen LogP contribution in [0.3, 0.4) is 0 Å². The summed E-state index contributed by atoms with van der Waals surface area (Å²) in [6.45, 7) is 3.96. The van der Waals surface area contributed by atoms with Crippen molar-refractivity contribution in [1.29, 1.82) is 0 Å². The van der Waals surface area contributed by atoms with E-state index in [1.165, 1.54) is 0 Å². The van der Waals surface area contributed by atoms with Crippen molar-refractivity contribution in [2.45, 2.75) is 13.8 Å². The van der Waals surface area contributed by atoms with Gasteiger partial charge in [0, 0.05) is 17.5 Å². The Hall–Kier alpha value is -2.10. The molecule has 0 saturated heterocycles. The SMILES string of the molecule is COc1c(C)cccc1N=C(C)c1cn[nH]c1. The highest BCUT2D eigenvalue weighted by Crippen LogP contribution is 2.31. The molecule has 1 N–H and O–H groups in total. The van der Waals surface area contributed by atoms with Crippen molar-refractivity contribution < 1.29 is 4.74 Å². The van der Waals surface area contributed by atoms with Gasteiger partial charge in [0.15, 0.2) is 0 Å². The van der Waals surface area contributed by atoms with E-state index < -0.39 is 0 Å². The van der Waals surface area contributed by atoms with Crippen LogP contribution in [-0.4, -0.2) is 23.0 Å². The van der Waals surface area contributed by atoms with E-state index in [4.69, 9.17) is 4.74 Å². The molecule has 0 aliphatic rings. The average molecular weight is 229 g/mol. The molecule has 2 aromatic rings. The molecule has 0 saturated carbocycles. The summed E-state index contributed by atoms with van der Waals surface area (Å²) in [6.07, 6.45) is 3.57. The van der Waals surface area contributed by atoms with Gasteiger partial charge in [-0.2, -0.15) is 5.10 Å². The van der Waals surface area contributed by atoms with Gasteiger partial charge in [-0.15, -0.1) is 0 Å². The molecule has 0 atom stereocenters. The van der Waals surface area contributed by atoms with Crippen molar-refractivity contribution in [2.75, 3.05) is 7.11 Å². The third-order valence-corrected chi connectivity index (χ3v) is 2.60. The summed E-state index contributed by atoms with van der Waals surface area (Å²) >= 11 is 0. The monoisotopic (exact) mass is 229 g/mol. The van der Waals surface area contributed by atoms with E-state index in [1.54, 1.807) is 13.3 Å². The van der Waals surface area contributed by atoms with Crippen molar-refractivity contribution >= 4 is 11.4 Å². The third kappa shape index (κ3) is 2.36. The zero-order chi connectivity index (χ0) is 12.3. The number of hydrogen-bond donors (Lipinski definition) is 1. The van der Waals surface area contributed by atoms with E-state index in [0.29, 0.717) is 0 Å². The molecule has 1 heterocycles. The average Bonchev–Trinajstić information content (AvgIpc) is 2.82. The molecule has 0 aliphatic heterocycles. The second-order valence-electron chi connectivity index (χ2n) is 3.81. The molecule has 0 amide bonds. The van der Waals surface area contributed by atoms with Gasteiger partial charge in [-0.25, -0.2) is 4.99 Å². The molecular formula is C13H15N3O. The van der Waals surface area contributed by atoms with E-state index in [2.05, 4.69) is 15.2 Å². The number of H-pyrrole nitrogens is 1. The Morgan fingerprint density at radius 1 is 1.41 bits per heavy atom. The molecule has 1 aromatic carbocycles. The number of para-hydroxylation sites is 1. The molecule has 4 heteroatoms. The summed E-state index contributed by atoms with van der Waals surface area (Å²) in [5.41, 5.74) is 3.80. The largest absolute Gasteiger partial charge is 0.494 e. The Labute approximate surface area is 100 Å². The molecule has 4 nitrogen and oxygen atoms in total. The van der Waals surface area contributed by atoms with E-state index >= 15 is 0 Å². The molecule has 0 aliphatic carbocycles. The minimum absolute atomic E-state index is 0.815. The Bertz CT molecular complexity index is 530. The first kappa shape index (κ1) is 11.4.